The van der Waals surface area contributed by atoms with E-state index in [4.69, 9.17) is 10.6 Å². The Morgan fingerprint density at radius 2 is 2.33 bits per heavy atom. The number of hydrogen-bond donors (Lipinski definition) is 1. The van der Waals surface area contributed by atoms with Gasteiger partial charge in [-0.05, 0) is 19.3 Å². The van der Waals surface area contributed by atoms with Gasteiger partial charge >= 0.3 is 0 Å². The molecule has 0 aromatic heterocycles. The predicted octanol–water partition coefficient (Wildman–Crippen LogP) is 0.446. The van der Waals surface area contributed by atoms with Crippen LogP contribution in [0.2, 0.25) is 0 Å². The van der Waals surface area contributed by atoms with Crippen molar-refractivity contribution in [2.75, 3.05) is 13.2 Å². The lowest BCUT2D eigenvalue weighted by molar-refractivity contribution is 0.133. The van der Waals surface area contributed by atoms with E-state index in [0.29, 0.717) is 12.7 Å². The molecule has 0 amide bonds. The molecule has 0 spiro atoms. The summed E-state index contributed by atoms with van der Waals surface area (Å²) in [6.07, 6.45) is 3.95. The van der Waals surface area contributed by atoms with Gasteiger partial charge in [-0.15, -0.1) is 0 Å². The van der Waals surface area contributed by atoms with Gasteiger partial charge in [-0.25, -0.2) is 5.90 Å². The lowest BCUT2D eigenvalue weighted by Crippen LogP contribution is -2.00. The van der Waals surface area contributed by atoms with E-state index in [2.05, 4.69) is 4.84 Å². The molecule has 3 nitrogen and oxygen atoms in total. The minimum Gasteiger partial charge on any atom is -0.373 e. The standard InChI is InChI=1S/C6H13NO2/c7-9-4-2-1-3-6-5-8-6/h6H,1-5,7H2. The van der Waals surface area contributed by atoms with Gasteiger partial charge in [-0.2, -0.15) is 0 Å². The minimum absolute atomic E-state index is 0.558. The van der Waals surface area contributed by atoms with Gasteiger partial charge in [-0.1, -0.05) is 0 Å². The molecule has 1 aliphatic heterocycles. The van der Waals surface area contributed by atoms with Crippen LogP contribution in [0.4, 0.5) is 0 Å². The summed E-state index contributed by atoms with van der Waals surface area (Å²) in [4.78, 5) is 4.40. The molecule has 54 valence electrons. The second-order valence-electron chi connectivity index (χ2n) is 2.32. The van der Waals surface area contributed by atoms with Gasteiger partial charge in [0, 0.05) is 0 Å². The van der Waals surface area contributed by atoms with Crippen LogP contribution in [-0.4, -0.2) is 19.3 Å². The highest BCUT2D eigenvalue weighted by Crippen LogP contribution is 2.15. The number of epoxide rings is 1. The zero-order valence-corrected chi connectivity index (χ0v) is 5.51. The average Bonchev–Trinajstić information content (AvgIpc) is 2.63. The van der Waals surface area contributed by atoms with Crippen molar-refractivity contribution in [2.45, 2.75) is 25.4 Å². The first-order valence-electron chi connectivity index (χ1n) is 3.37. The number of rotatable bonds is 5. The van der Waals surface area contributed by atoms with E-state index in [0.717, 1.165) is 13.0 Å². The first kappa shape index (κ1) is 6.99. The van der Waals surface area contributed by atoms with Crippen molar-refractivity contribution in [1.82, 2.24) is 0 Å². The Morgan fingerprint density at radius 1 is 1.56 bits per heavy atom. The van der Waals surface area contributed by atoms with Crippen molar-refractivity contribution < 1.29 is 9.57 Å². The maximum absolute atomic E-state index is 5.02. The molecule has 1 fully saturated rings. The molecule has 3 heteroatoms. The molecule has 1 unspecified atom stereocenters. The van der Waals surface area contributed by atoms with Crippen molar-refractivity contribution in [1.29, 1.82) is 0 Å². The zero-order valence-electron chi connectivity index (χ0n) is 5.51. The summed E-state index contributed by atoms with van der Waals surface area (Å²) >= 11 is 0. The van der Waals surface area contributed by atoms with Crippen LogP contribution in [0.3, 0.4) is 0 Å². The van der Waals surface area contributed by atoms with E-state index >= 15 is 0 Å². The summed E-state index contributed by atoms with van der Waals surface area (Å²) in [5.74, 6) is 4.83. The molecule has 0 bridgehead atoms. The van der Waals surface area contributed by atoms with Gasteiger partial charge in [0.2, 0.25) is 0 Å². The Balaban J connectivity index is 1.71. The molecule has 0 radical (unpaired) electrons. The van der Waals surface area contributed by atoms with Crippen molar-refractivity contribution in [3.63, 3.8) is 0 Å². The van der Waals surface area contributed by atoms with Gasteiger partial charge in [0.05, 0.1) is 19.3 Å². The second-order valence-corrected chi connectivity index (χ2v) is 2.32. The number of ether oxygens (including phenoxy) is 1. The Kier molecular flexibility index (Phi) is 2.97. The summed E-state index contributed by atoms with van der Waals surface area (Å²) in [7, 11) is 0. The Hall–Kier alpha value is -0.120. The van der Waals surface area contributed by atoms with Crippen LogP contribution in [0.15, 0.2) is 0 Å². The summed E-state index contributed by atoms with van der Waals surface area (Å²) in [5.41, 5.74) is 0. The number of unbranched alkanes of at least 4 members (excludes halogenated alkanes) is 1. The molecule has 0 aliphatic carbocycles. The van der Waals surface area contributed by atoms with Crippen LogP contribution in [0.5, 0.6) is 0 Å². The van der Waals surface area contributed by atoms with Crippen molar-refractivity contribution >= 4 is 0 Å². The van der Waals surface area contributed by atoms with Gasteiger partial charge < -0.3 is 9.57 Å². The lowest BCUT2D eigenvalue weighted by atomic mass is 10.2. The van der Waals surface area contributed by atoms with Crippen LogP contribution >= 0.6 is 0 Å². The number of nitrogens with two attached hydrogens (primary N) is 1. The van der Waals surface area contributed by atoms with Crippen LogP contribution in [-0.2, 0) is 9.57 Å². The fourth-order valence-electron chi connectivity index (χ4n) is 0.792. The van der Waals surface area contributed by atoms with Crippen molar-refractivity contribution in [2.24, 2.45) is 5.90 Å². The van der Waals surface area contributed by atoms with Gasteiger partial charge in [-0.3, -0.25) is 0 Å². The molecule has 1 heterocycles. The SMILES string of the molecule is NOCCCCC1CO1. The highest BCUT2D eigenvalue weighted by molar-refractivity contribution is 4.67. The highest BCUT2D eigenvalue weighted by atomic mass is 16.6. The van der Waals surface area contributed by atoms with Crippen LogP contribution < -0.4 is 5.90 Å². The van der Waals surface area contributed by atoms with Gasteiger partial charge in [0.25, 0.3) is 0 Å². The quantitative estimate of drug-likeness (QED) is 0.334. The maximum atomic E-state index is 5.02. The molecular formula is C6H13NO2. The van der Waals surface area contributed by atoms with E-state index in [1.165, 1.54) is 12.8 Å². The van der Waals surface area contributed by atoms with Crippen LogP contribution in [0, 0.1) is 0 Å². The Bertz CT molecular complexity index is 73.5. The summed E-state index contributed by atoms with van der Waals surface area (Å²) in [6.45, 7) is 1.64. The van der Waals surface area contributed by atoms with Crippen LogP contribution in [0.1, 0.15) is 19.3 Å². The molecule has 0 aromatic rings. The third-order valence-electron chi connectivity index (χ3n) is 1.44. The first-order valence-corrected chi connectivity index (χ1v) is 3.37. The molecule has 1 atom stereocenters. The Labute approximate surface area is 55.1 Å². The topological polar surface area (TPSA) is 47.8 Å². The maximum Gasteiger partial charge on any atom is 0.0810 e. The monoisotopic (exact) mass is 131 g/mol. The smallest absolute Gasteiger partial charge is 0.0810 e. The molecule has 1 aliphatic rings. The fourth-order valence-corrected chi connectivity index (χ4v) is 0.792. The largest absolute Gasteiger partial charge is 0.373 e. The van der Waals surface area contributed by atoms with E-state index in [1.807, 2.05) is 0 Å². The van der Waals surface area contributed by atoms with E-state index in [1.54, 1.807) is 0 Å². The molecule has 0 saturated carbocycles. The first-order chi connectivity index (χ1) is 4.43. The molecule has 1 saturated heterocycles. The Morgan fingerprint density at radius 3 is 2.89 bits per heavy atom. The molecule has 0 aromatic carbocycles. The summed E-state index contributed by atoms with van der Waals surface area (Å²) in [5, 5.41) is 0. The normalized spacial score (nSPS) is 24.3. The number of hydrogen-bond acceptors (Lipinski definition) is 3. The molecule has 2 N–H and O–H groups in total. The second kappa shape index (κ2) is 3.82. The van der Waals surface area contributed by atoms with E-state index in [-0.39, 0.29) is 0 Å². The van der Waals surface area contributed by atoms with Crippen LogP contribution in [0.25, 0.3) is 0 Å². The minimum atomic E-state index is 0.558. The van der Waals surface area contributed by atoms with Gasteiger partial charge in [0.15, 0.2) is 0 Å². The predicted molar refractivity (Wildman–Crippen MR) is 33.7 cm³/mol. The lowest BCUT2D eigenvalue weighted by Gasteiger charge is -1.94. The van der Waals surface area contributed by atoms with Crippen molar-refractivity contribution in [3.8, 4) is 0 Å². The van der Waals surface area contributed by atoms with E-state index < -0.39 is 0 Å². The highest BCUT2D eigenvalue weighted by Gasteiger charge is 2.20. The third-order valence-corrected chi connectivity index (χ3v) is 1.44. The average molecular weight is 131 g/mol. The fraction of sp³-hybridized carbons (Fsp3) is 1.00. The third kappa shape index (κ3) is 3.46. The summed E-state index contributed by atoms with van der Waals surface area (Å²) < 4.78 is 5.02. The van der Waals surface area contributed by atoms with E-state index in [9.17, 15) is 0 Å². The van der Waals surface area contributed by atoms with Crippen molar-refractivity contribution in [3.05, 3.63) is 0 Å². The molecular weight excluding hydrogens is 118 g/mol. The molecule has 9 heavy (non-hydrogen) atoms. The molecule has 1 rings (SSSR count). The zero-order chi connectivity index (χ0) is 6.53. The van der Waals surface area contributed by atoms with Gasteiger partial charge in [0.1, 0.15) is 0 Å². The summed E-state index contributed by atoms with van der Waals surface area (Å²) in [6, 6.07) is 0.